The lowest BCUT2D eigenvalue weighted by Gasteiger charge is -2.46. The standard InChI is InChI=1S/C16H26N2S/c1-2-14-6-11-19-15(14)12-18-10-9-17-16(13-18)7-4-3-5-8-16/h6,11,17H,2-5,7-10,12-13H2,1H3. The number of piperazine rings is 1. The maximum absolute atomic E-state index is 3.83. The van der Waals surface area contributed by atoms with Crippen molar-refractivity contribution in [2.24, 2.45) is 0 Å². The summed E-state index contributed by atoms with van der Waals surface area (Å²) in [6.07, 6.45) is 8.22. The Labute approximate surface area is 121 Å². The number of hydrogen-bond acceptors (Lipinski definition) is 3. The van der Waals surface area contributed by atoms with E-state index in [2.05, 4.69) is 28.6 Å². The van der Waals surface area contributed by atoms with Crippen LogP contribution in [0.15, 0.2) is 11.4 Å². The van der Waals surface area contributed by atoms with E-state index in [4.69, 9.17) is 0 Å². The fraction of sp³-hybridized carbons (Fsp3) is 0.750. The molecule has 19 heavy (non-hydrogen) atoms. The van der Waals surface area contributed by atoms with Crippen molar-refractivity contribution in [2.45, 2.75) is 57.5 Å². The molecule has 3 rings (SSSR count). The van der Waals surface area contributed by atoms with Crippen LogP contribution in [-0.2, 0) is 13.0 Å². The van der Waals surface area contributed by atoms with Gasteiger partial charge in [-0.1, -0.05) is 26.2 Å². The molecule has 1 spiro atoms. The highest BCUT2D eigenvalue weighted by Gasteiger charge is 2.36. The lowest BCUT2D eigenvalue weighted by molar-refractivity contribution is 0.0950. The summed E-state index contributed by atoms with van der Waals surface area (Å²) in [4.78, 5) is 4.28. The number of aryl methyl sites for hydroxylation is 1. The molecule has 106 valence electrons. The van der Waals surface area contributed by atoms with Gasteiger partial charge in [-0.15, -0.1) is 11.3 Å². The summed E-state index contributed by atoms with van der Waals surface area (Å²) in [5.41, 5.74) is 2.00. The third-order valence-corrected chi connectivity index (χ3v) is 5.80. The maximum atomic E-state index is 3.83. The first-order valence-electron chi connectivity index (χ1n) is 7.84. The quantitative estimate of drug-likeness (QED) is 0.911. The van der Waals surface area contributed by atoms with Crippen LogP contribution in [0.25, 0.3) is 0 Å². The third-order valence-electron chi connectivity index (χ3n) is 4.85. The van der Waals surface area contributed by atoms with Gasteiger partial charge < -0.3 is 5.32 Å². The van der Waals surface area contributed by atoms with E-state index in [0.717, 1.165) is 0 Å². The molecule has 1 aromatic rings. The van der Waals surface area contributed by atoms with Crippen LogP contribution in [0.4, 0.5) is 0 Å². The molecule has 0 aromatic carbocycles. The minimum atomic E-state index is 0.445. The van der Waals surface area contributed by atoms with Gasteiger partial charge in [0.15, 0.2) is 0 Å². The van der Waals surface area contributed by atoms with E-state index in [1.54, 1.807) is 10.4 Å². The summed E-state index contributed by atoms with van der Waals surface area (Å²) in [6, 6.07) is 2.30. The average Bonchev–Trinajstić information content (AvgIpc) is 2.87. The van der Waals surface area contributed by atoms with Gasteiger partial charge >= 0.3 is 0 Å². The molecular formula is C16H26N2S. The predicted octanol–water partition coefficient (Wildman–Crippen LogP) is 3.42. The van der Waals surface area contributed by atoms with Crippen molar-refractivity contribution < 1.29 is 0 Å². The van der Waals surface area contributed by atoms with E-state index in [1.807, 2.05) is 11.3 Å². The van der Waals surface area contributed by atoms with Crippen molar-refractivity contribution >= 4 is 11.3 Å². The van der Waals surface area contributed by atoms with E-state index >= 15 is 0 Å². The zero-order chi connectivity index (χ0) is 13.1. The lowest BCUT2D eigenvalue weighted by atomic mass is 9.80. The first-order chi connectivity index (χ1) is 9.31. The summed E-state index contributed by atoms with van der Waals surface area (Å²) in [6.45, 7) is 7.08. The molecule has 0 unspecified atom stereocenters. The Bertz CT molecular complexity index is 401. The highest BCUT2D eigenvalue weighted by Crippen LogP contribution is 2.31. The summed E-state index contributed by atoms with van der Waals surface area (Å²) in [7, 11) is 0. The Hall–Kier alpha value is -0.380. The van der Waals surface area contributed by atoms with E-state index in [9.17, 15) is 0 Å². The van der Waals surface area contributed by atoms with Gasteiger partial charge in [-0.05, 0) is 36.3 Å². The van der Waals surface area contributed by atoms with Gasteiger partial charge in [-0.25, -0.2) is 0 Å². The normalized spacial score (nSPS) is 23.8. The molecular weight excluding hydrogens is 252 g/mol. The van der Waals surface area contributed by atoms with E-state index in [1.165, 1.54) is 64.7 Å². The molecule has 1 saturated carbocycles. The van der Waals surface area contributed by atoms with Crippen molar-refractivity contribution in [1.29, 1.82) is 0 Å². The molecule has 2 heterocycles. The SMILES string of the molecule is CCc1ccsc1CN1CCNC2(CCCCC2)C1. The molecule has 2 aliphatic rings. The van der Waals surface area contributed by atoms with Crippen LogP contribution in [0.2, 0.25) is 0 Å². The highest BCUT2D eigenvalue weighted by atomic mass is 32.1. The molecule has 0 atom stereocenters. The second-order valence-corrected chi connectivity index (χ2v) is 7.20. The Kier molecular flexibility index (Phi) is 4.25. The van der Waals surface area contributed by atoms with Gasteiger partial charge in [0.25, 0.3) is 0 Å². The molecule has 1 aliphatic carbocycles. The number of rotatable bonds is 3. The molecule has 2 nitrogen and oxygen atoms in total. The second kappa shape index (κ2) is 5.94. The fourth-order valence-electron chi connectivity index (χ4n) is 3.76. The van der Waals surface area contributed by atoms with Crippen molar-refractivity contribution in [3.05, 3.63) is 21.9 Å². The van der Waals surface area contributed by atoms with Gasteiger partial charge in [-0.2, -0.15) is 0 Å². The van der Waals surface area contributed by atoms with Crippen molar-refractivity contribution in [3.63, 3.8) is 0 Å². The number of thiophene rings is 1. The largest absolute Gasteiger partial charge is 0.309 e. The van der Waals surface area contributed by atoms with Crippen LogP contribution >= 0.6 is 11.3 Å². The third kappa shape index (κ3) is 3.04. The van der Waals surface area contributed by atoms with Gasteiger partial charge in [0.2, 0.25) is 0 Å². The number of hydrogen-bond donors (Lipinski definition) is 1. The number of nitrogens with one attached hydrogen (secondary N) is 1. The van der Waals surface area contributed by atoms with Crippen molar-refractivity contribution in [3.8, 4) is 0 Å². The predicted molar refractivity (Wildman–Crippen MR) is 82.8 cm³/mol. The molecule has 1 saturated heterocycles. The monoisotopic (exact) mass is 278 g/mol. The van der Waals surface area contributed by atoms with E-state index in [0.29, 0.717) is 5.54 Å². The molecule has 2 fully saturated rings. The zero-order valence-corrected chi connectivity index (χ0v) is 12.9. The van der Waals surface area contributed by atoms with Crippen molar-refractivity contribution in [2.75, 3.05) is 19.6 Å². The minimum absolute atomic E-state index is 0.445. The average molecular weight is 278 g/mol. The van der Waals surface area contributed by atoms with Crippen molar-refractivity contribution in [1.82, 2.24) is 10.2 Å². The summed E-state index contributed by atoms with van der Waals surface area (Å²) in [5, 5.41) is 6.09. The molecule has 1 aliphatic heterocycles. The summed E-state index contributed by atoms with van der Waals surface area (Å²) in [5.74, 6) is 0. The van der Waals surface area contributed by atoms with E-state index in [-0.39, 0.29) is 0 Å². The van der Waals surface area contributed by atoms with Gasteiger partial charge in [-0.3, -0.25) is 4.90 Å². The van der Waals surface area contributed by atoms with Crippen LogP contribution in [0, 0.1) is 0 Å². The Morgan fingerprint density at radius 1 is 1.32 bits per heavy atom. The van der Waals surface area contributed by atoms with Gasteiger partial charge in [0.05, 0.1) is 0 Å². The molecule has 3 heteroatoms. The minimum Gasteiger partial charge on any atom is -0.309 e. The zero-order valence-electron chi connectivity index (χ0n) is 12.1. The fourth-order valence-corrected chi connectivity index (χ4v) is 4.78. The molecule has 0 amide bonds. The second-order valence-electron chi connectivity index (χ2n) is 6.20. The van der Waals surface area contributed by atoms with Gasteiger partial charge in [0.1, 0.15) is 0 Å². The number of nitrogens with zero attached hydrogens (tertiary/aromatic N) is 1. The molecule has 0 radical (unpaired) electrons. The first-order valence-corrected chi connectivity index (χ1v) is 8.72. The van der Waals surface area contributed by atoms with Crippen LogP contribution in [0.1, 0.15) is 49.5 Å². The molecule has 1 N–H and O–H groups in total. The molecule has 1 aromatic heterocycles. The Morgan fingerprint density at radius 2 is 2.16 bits per heavy atom. The molecule has 0 bridgehead atoms. The Balaban J connectivity index is 1.65. The smallest absolute Gasteiger partial charge is 0.0332 e. The van der Waals surface area contributed by atoms with Gasteiger partial charge in [0, 0.05) is 36.6 Å². The highest BCUT2D eigenvalue weighted by molar-refractivity contribution is 7.10. The topological polar surface area (TPSA) is 15.3 Å². The first kappa shape index (κ1) is 13.6. The summed E-state index contributed by atoms with van der Waals surface area (Å²) < 4.78 is 0. The van der Waals surface area contributed by atoms with Crippen LogP contribution in [0.5, 0.6) is 0 Å². The summed E-state index contributed by atoms with van der Waals surface area (Å²) >= 11 is 1.94. The van der Waals surface area contributed by atoms with Crippen LogP contribution in [-0.4, -0.2) is 30.1 Å². The Morgan fingerprint density at radius 3 is 2.95 bits per heavy atom. The lowest BCUT2D eigenvalue weighted by Crippen LogP contribution is -2.60. The van der Waals surface area contributed by atoms with Crippen LogP contribution in [0.3, 0.4) is 0 Å². The maximum Gasteiger partial charge on any atom is 0.0332 e. The van der Waals surface area contributed by atoms with E-state index < -0.39 is 0 Å². The van der Waals surface area contributed by atoms with Crippen LogP contribution < -0.4 is 5.32 Å².